The molecular formula is C13H9Br2FN2O. The highest BCUT2D eigenvalue weighted by Gasteiger charge is 2.08. The fourth-order valence-corrected chi connectivity index (χ4v) is 2.21. The molecule has 2 rings (SSSR count). The van der Waals surface area contributed by atoms with E-state index in [1.807, 2.05) is 0 Å². The van der Waals surface area contributed by atoms with Gasteiger partial charge in [0.1, 0.15) is 16.1 Å². The zero-order chi connectivity index (χ0) is 13.8. The van der Waals surface area contributed by atoms with Crippen LogP contribution >= 0.6 is 31.9 Å². The minimum atomic E-state index is -0.340. The van der Waals surface area contributed by atoms with Crippen LogP contribution in [-0.2, 0) is 6.54 Å². The lowest BCUT2D eigenvalue weighted by Gasteiger charge is -2.07. The number of aromatic nitrogens is 1. The van der Waals surface area contributed by atoms with Crippen LogP contribution in [0, 0.1) is 5.82 Å². The average Bonchev–Trinajstić information content (AvgIpc) is 2.39. The molecule has 0 bridgehead atoms. The van der Waals surface area contributed by atoms with Gasteiger partial charge < -0.3 is 5.32 Å². The molecule has 0 fully saturated rings. The first-order valence-electron chi connectivity index (χ1n) is 5.41. The molecule has 2 aromatic rings. The fourth-order valence-electron chi connectivity index (χ4n) is 1.48. The van der Waals surface area contributed by atoms with Crippen LogP contribution in [0.4, 0.5) is 4.39 Å². The molecular weight excluding hydrogens is 379 g/mol. The Hall–Kier alpha value is -1.27. The number of pyridine rings is 1. The zero-order valence-corrected chi connectivity index (χ0v) is 12.8. The Labute approximate surface area is 126 Å². The largest absolute Gasteiger partial charge is 0.347 e. The lowest BCUT2D eigenvalue weighted by Crippen LogP contribution is -2.24. The Bertz CT molecular complexity index is 619. The van der Waals surface area contributed by atoms with E-state index in [-0.39, 0.29) is 18.3 Å². The topological polar surface area (TPSA) is 42.0 Å². The number of nitrogens with zero attached hydrogens (tertiary/aromatic N) is 1. The van der Waals surface area contributed by atoms with Crippen LogP contribution in [0.1, 0.15) is 16.1 Å². The maximum atomic E-state index is 13.1. The van der Waals surface area contributed by atoms with Gasteiger partial charge in [0.15, 0.2) is 0 Å². The van der Waals surface area contributed by atoms with Crippen LogP contribution in [0.25, 0.3) is 0 Å². The number of carbonyl (C=O) groups excluding carboxylic acids is 1. The maximum absolute atomic E-state index is 13.1. The van der Waals surface area contributed by atoms with Gasteiger partial charge in [-0.1, -0.05) is 22.0 Å². The molecule has 19 heavy (non-hydrogen) atoms. The smallest absolute Gasteiger partial charge is 0.270 e. The summed E-state index contributed by atoms with van der Waals surface area (Å²) in [4.78, 5) is 15.9. The predicted octanol–water partition coefficient (Wildman–Crippen LogP) is 3.68. The molecule has 1 amide bonds. The van der Waals surface area contributed by atoms with Crippen molar-refractivity contribution in [2.24, 2.45) is 0 Å². The monoisotopic (exact) mass is 386 g/mol. The van der Waals surface area contributed by atoms with Gasteiger partial charge in [0.2, 0.25) is 0 Å². The minimum absolute atomic E-state index is 0.228. The number of benzene rings is 1. The minimum Gasteiger partial charge on any atom is -0.347 e. The molecule has 1 aromatic carbocycles. The summed E-state index contributed by atoms with van der Waals surface area (Å²) in [6.45, 7) is 0.228. The molecule has 6 heteroatoms. The lowest BCUT2D eigenvalue weighted by atomic mass is 10.2. The van der Waals surface area contributed by atoms with Crippen LogP contribution in [-0.4, -0.2) is 10.9 Å². The van der Waals surface area contributed by atoms with E-state index in [0.29, 0.717) is 15.9 Å². The van der Waals surface area contributed by atoms with E-state index in [1.165, 1.54) is 12.1 Å². The molecule has 1 N–H and O–H groups in total. The van der Waals surface area contributed by atoms with Crippen molar-refractivity contribution in [2.75, 3.05) is 0 Å². The van der Waals surface area contributed by atoms with Crippen molar-refractivity contribution in [1.82, 2.24) is 10.3 Å². The van der Waals surface area contributed by atoms with E-state index in [2.05, 4.69) is 42.2 Å². The van der Waals surface area contributed by atoms with E-state index < -0.39 is 0 Å². The number of amides is 1. The zero-order valence-electron chi connectivity index (χ0n) is 9.66. The summed E-state index contributed by atoms with van der Waals surface area (Å²) in [7, 11) is 0. The predicted molar refractivity (Wildman–Crippen MR) is 77.2 cm³/mol. The Morgan fingerprint density at radius 1 is 1.26 bits per heavy atom. The van der Waals surface area contributed by atoms with Gasteiger partial charge >= 0.3 is 0 Å². The van der Waals surface area contributed by atoms with Gasteiger partial charge in [-0.15, -0.1) is 0 Å². The van der Waals surface area contributed by atoms with E-state index in [0.717, 1.165) is 4.47 Å². The van der Waals surface area contributed by atoms with Gasteiger partial charge in [-0.2, -0.15) is 0 Å². The SMILES string of the molecule is O=C(NCc1cc(F)ccc1Br)c1cccc(Br)n1. The second-order valence-electron chi connectivity index (χ2n) is 3.76. The van der Waals surface area contributed by atoms with Crippen molar-refractivity contribution in [3.8, 4) is 0 Å². The van der Waals surface area contributed by atoms with Crippen LogP contribution in [0.5, 0.6) is 0 Å². The van der Waals surface area contributed by atoms with E-state index in [9.17, 15) is 9.18 Å². The number of halogens is 3. The fraction of sp³-hybridized carbons (Fsp3) is 0.0769. The van der Waals surface area contributed by atoms with E-state index in [4.69, 9.17) is 0 Å². The van der Waals surface area contributed by atoms with Crippen molar-refractivity contribution in [3.63, 3.8) is 0 Å². The molecule has 0 spiro atoms. The highest BCUT2D eigenvalue weighted by Crippen LogP contribution is 2.17. The second kappa shape index (κ2) is 6.25. The van der Waals surface area contributed by atoms with Crippen LogP contribution < -0.4 is 5.32 Å². The molecule has 0 atom stereocenters. The summed E-state index contributed by atoms with van der Waals surface area (Å²) in [6, 6.07) is 9.41. The molecule has 3 nitrogen and oxygen atoms in total. The van der Waals surface area contributed by atoms with Gasteiger partial charge in [-0.05, 0) is 51.8 Å². The molecule has 1 aromatic heterocycles. The Morgan fingerprint density at radius 3 is 2.79 bits per heavy atom. The third-order valence-corrected chi connectivity index (χ3v) is 3.61. The molecule has 1 heterocycles. The van der Waals surface area contributed by atoms with Crippen molar-refractivity contribution in [3.05, 3.63) is 62.5 Å². The highest BCUT2D eigenvalue weighted by molar-refractivity contribution is 9.10. The van der Waals surface area contributed by atoms with Crippen LogP contribution in [0.15, 0.2) is 45.5 Å². The normalized spacial score (nSPS) is 10.3. The molecule has 0 radical (unpaired) electrons. The van der Waals surface area contributed by atoms with Crippen LogP contribution in [0.2, 0.25) is 0 Å². The first-order chi connectivity index (χ1) is 9.06. The summed E-state index contributed by atoms with van der Waals surface area (Å²) in [5.41, 5.74) is 0.977. The number of hydrogen-bond donors (Lipinski definition) is 1. The molecule has 0 aliphatic heterocycles. The lowest BCUT2D eigenvalue weighted by molar-refractivity contribution is 0.0945. The Balaban J connectivity index is 2.06. The van der Waals surface area contributed by atoms with Gasteiger partial charge in [0, 0.05) is 11.0 Å². The van der Waals surface area contributed by atoms with Crippen molar-refractivity contribution in [1.29, 1.82) is 0 Å². The number of hydrogen-bond acceptors (Lipinski definition) is 2. The van der Waals surface area contributed by atoms with Crippen LogP contribution in [0.3, 0.4) is 0 Å². The second-order valence-corrected chi connectivity index (χ2v) is 5.43. The van der Waals surface area contributed by atoms with Crippen molar-refractivity contribution in [2.45, 2.75) is 6.54 Å². The average molecular weight is 388 g/mol. The van der Waals surface area contributed by atoms with Gasteiger partial charge in [0.05, 0.1) is 0 Å². The van der Waals surface area contributed by atoms with E-state index >= 15 is 0 Å². The van der Waals surface area contributed by atoms with Gasteiger partial charge in [-0.3, -0.25) is 4.79 Å². The third-order valence-electron chi connectivity index (χ3n) is 2.39. The molecule has 98 valence electrons. The van der Waals surface area contributed by atoms with Crippen molar-refractivity contribution >= 4 is 37.8 Å². The van der Waals surface area contributed by atoms with Gasteiger partial charge in [0.25, 0.3) is 5.91 Å². The van der Waals surface area contributed by atoms with E-state index in [1.54, 1.807) is 24.3 Å². The Kier molecular flexibility index (Phi) is 4.66. The summed E-state index contributed by atoms with van der Waals surface area (Å²) < 4.78 is 14.4. The molecule has 0 saturated heterocycles. The molecule has 0 aliphatic carbocycles. The summed E-state index contributed by atoms with van der Waals surface area (Å²) in [5.74, 6) is -0.648. The number of rotatable bonds is 3. The first-order valence-corrected chi connectivity index (χ1v) is 6.99. The highest BCUT2D eigenvalue weighted by atomic mass is 79.9. The summed E-state index contributed by atoms with van der Waals surface area (Å²) in [5, 5.41) is 2.69. The first kappa shape index (κ1) is 14.1. The quantitative estimate of drug-likeness (QED) is 0.816. The molecule has 0 unspecified atom stereocenters. The molecule has 0 aliphatic rings. The standard InChI is InChI=1S/C13H9Br2FN2O/c14-10-5-4-9(16)6-8(10)7-17-13(19)11-2-1-3-12(15)18-11/h1-6H,7H2,(H,17,19). The summed E-state index contributed by atoms with van der Waals surface area (Å²) in [6.07, 6.45) is 0. The number of nitrogens with one attached hydrogen (secondary N) is 1. The maximum Gasteiger partial charge on any atom is 0.270 e. The summed E-state index contributed by atoms with van der Waals surface area (Å²) >= 11 is 6.51. The van der Waals surface area contributed by atoms with Gasteiger partial charge in [-0.25, -0.2) is 9.37 Å². The number of carbonyl (C=O) groups is 1. The third kappa shape index (κ3) is 3.84. The Morgan fingerprint density at radius 2 is 2.05 bits per heavy atom. The van der Waals surface area contributed by atoms with Crippen molar-refractivity contribution < 1.29 is 9.18 Å². The molecule has 0 saturated carbocycles.